The lowest BCUT2D eigenvalue weighted by atomic mass is 10.1. The minimum Gasteiger partial charge on any atom is -0.493 e. The molecule has 0 radical (unpaired) electrons. The van der Waals surface area contributed by atoms with Crippen molar-refractivity contribution in [1.82, 2.24) is 0 Å². The van der Waals surface area contributed by atoms with Gasteiger partial charge in [-0.3, -0.25) is 14.9 Å². The molecule has 0 aromatic heterocycles. The zero-order chi connectivity index (χ0) is 20.1. The molecule has 0 unspecified atom stereocenters. The van der Waals surface area contributed by atoms with Gasteiger partial charge in [0.2, 0.25) is 0 Å². The molecule has 0 atom stereocenters. The molecule has 0 saturated carbocycles. The quantitative estimate of drug-likeness (QED) is 0.535. The number of carbonyl (C=O) groups is 1. The number of benzene rings is 2. The minimum absolute atomic E-state index is 0.0352. The van der Waals surface area contributed by atoms with Crippen molar-refractivity contribution in [3.05, 3.63) is 57.1 Å². The number of rotatable bonds is 7. The number of nitro benzene ring substituents is 1. The third kappa shape index (κ3) is 4.19. The SMILES string of the molecule is CCOc1cc(C(=O)N(CC)c2cc(C)ccc2C)c([N+](=O)[O-])cc1OC. The molecular formula is C20H24N2O5. The fourth-order valence-electron chi connectivity index (χ4n) is 2.88. The molecule has 0 aliphatic carbocycles. The fourth-order valence-corrected chi connectivity index (χ4v) is 2.88. The standard InChI is InChI=1S/C20H24N2O5/c1-6-21(16-10-13(3)8-9-14(16)4)20(23)15-11-19(27-7-2)18(26-5)12-17(15)22(24)25/h8-12H,6-7H2,1-5H3. The number of nitro groups is 1. The van der Waals surface area contributed by atoms with Crippen molar-refractivity contribution >= 4 is 17.3 Å². The van der Waals surface area contributed by atoms with Gasteiger partial charge < -0.3 is 14.4 Å². The first-order valence-electron chi connectivity index (χ1n) is 8.72. The molecule has 0 aliphatic rings. The molecule has 1 amide bonds. The summed E-state index contributed by atoms with van der Waals surface area (Å²) in [6.45, 7) is 8.17. The molecule has 7 heteroatoms. The Hall–Kier alpha value is -3.09. The van der Waals surface area contributed by atoms with E-state index in [2.05, 4.69) is 0 Å². The normalized spacial score (nSPS) is 10.4. The number of hydrogen-bond acceptors (Lipinski definition) is 5. The first-order valence-corrected chi connectivity index (χ1v) is 8.72. The van der Waals surface area contributed by atoms with E-state index in [0.29, 0.717) is 18.9 Å². The van der Waals surface area contributed by atoms with Crippen LogP contribution in [0.2, 0.25) is 0 Å². The van der Waals surface area contributed by atoms with Crippen LogP contribution in [0, 0.1) is 24.0 Å². The summed E-state index contributed by atoms with van der Waals surface area (Å²) in [5, 5.41) is 11.6. The smallest absolute Gasteiger partial charge is 0.286 e. The Morgan fingerprint density at radius 3 is 2.41 bits per heavy atom. The number of anilines is 1. The van der Waals surface area contributed by atoms with Crippen LogP contribution in [0.3, 0.4) is 0 Å². The molecule has 0 N–H and O–H groups in total. The van der Waals surface area contributed by atoms with Crippen molar-refractivity contribution in [2.75, 3.05) is 25.2 Å². The van der Waals surface area contributed by atoms with Gasteiger partial charge in [-0.1, -0.05) is 12.1 Å². The lowest BCUT2D eigenvalue weighted by molar-refractivity contribution is -0.385. The van der Waals surface area contributed by atoms with Crippen LogP contribution in [0.5, 0.6) is 11.5 Å². The second-order valence-corrected chi connectivity index (χ2v) is 6.05. The van der Waals surface area contributed by atoms with Crippen LogP contribution in [-0.2, 0) is 0 Å². The molecule has 2 aromatic carbocycles. The van der Waals surface area contributed by atoms with Crippen molar-refractivity contribution in [3.63, 3.8) is 0 Å². The summed E-state index contributed by atoms with van der Waals surface area (Å²) in [4.78, 5) is 25.8. The predicted octanol–water partition coefficient (Wildman–Crippen LogP) is 4.29. The second kappa shape index (κ2) is 8.53. The van der Waals surface area contributed by atoms with Gasteiger partial charge in [-0.2, -0.15) is 0 Å². The number of aryl methyl sites for hydroxylation is 2. The molecule has 0 fully saturated rings. The zero-order valence-electron chi connectivity index (χ0n) is 16.2. The molecule has 27 heavy (non-hydrogen) atoms. The average Bonchev–Trinajstić information content (AvgIpc) is 2.64. The summed E-state index contributed by atoms with van der Waals surface area (Å²) >= 11 is 0. The van der Waals surface area contributed by atoms with Gasteiger partial charge >= 0.3 is 0 Å². The van der Waals surface area contributed by atoms with Gasteiger partial charge in [-0.05, 0) is 44.9 Å². The first kappa shape index (κ1) is 20.2. The van der Waals surface area contributed by atoms with E-state index in [0.717, 1.165) is 16.8 Å². The molecule has 2 aromatic rings. The van der Waals surface area contributed by atoms with Gasteiger partial charge in [0, 0.05) is 18.3 Å². The van der Waals surface area contributed by atoms with Gasteiger partial charge in [0.25, 0.3) is 11.6 Å². The monoisotopic (exact) mass is 372 g/mol. The van der Waals surface area contributed by atoms with Crippen LogP contribution in [-0.4, -0.2) is 31.1 Å². The van der Waals surface area contributed by atoms with Crippen LogP contribution in [0.4, 0.5) is 11.4 Å². The molecule has 0 bridgehead atoms. The molecule has 0 saturated heterocycles. The Labute approximate surface area is 158 Å². The van der Waals surface area contributed by atoms with E-state index in [1.54, 1.807) is 6.92 Å². The number of ether oxygens (including phenoxy) is 2. The van der Waals surface area contributed by atoms with E-state index in [9.17, 15) is 14.9 Å². The van der Waals surface area contributed by atoms with E-state index in [1.165, 1.54) is 24.1 Å². The summed E-state index contributed by atoms with van der Waals surface area (Å²) in [5.74, 6) is 0.0577. The zero-order valence-corrected chi connectivity index (χ0v) is 16.2. The molecule has 0 spiro atoms. The molecule has 0 aliphatic heterocycles. The highest BCUT2D eigenvalue weighted by Crippen LogP contribution is 2.36. The number of nitrogens with zero attached hydrogens (tertiary/aromatic N) is 2. The Morgan fingerprint density at radius 1 is 1.15 bits per heavy atom. The highest BCUT2D eigenvalue weighted by atomic mass is 16.6. The highest BCUT2D eigenvalue weighted by Gasteiger charge is 2.28. The molecule has 0 heterocycles. The van der Waals surface area contributed by atoms with Crippen molar-refractivity contribution in [2.24, 2.45) is 0 Å². The van der Waals surface area contributed by atoms with Crippen molar-refractivity contribution in [2.45, 2.75) is 27.7 Å². The maximum Gasteiger partial charge on any atom is 0.286 e. The average molecular weight is 372 g/mol. The summed E-state index contributed by atoms with van der Waals surface area (Å²) in [5.41, 5.74) is 2.29. The van der Waals surface area contributed by atoms with E-state index in [-0.39, 0.29) is 17.0 Å². The van der Waals surface area contributed by atoms with Crippen LogP contribution in [0.15, 0.2) is 30.3 Å². The number of methoxy groups -OCH3 is 1. The van der Waals surface area contributed by atoms with E-state index >= 15 is 0 Å². The van der Waals surface area contributed by atoms with E-state index in [1.807, 2.05) is 39.0 Å². The third-order valence-electron chi connectivity index (χ3n) is 4.23. The third-order valence-corrected chi connectivity index (χ3v) is 4.23. The van der Waals surface area contributed by atoms with Crippen LogP contribution >= 0.6 is 0 Å². The largest absolute Gasteiger partial charge is 0.493 e. The van der Waals surface area contributed by atoms with Gasteiger partial charge in [0.1, 0.15) is 5.56 Å². The number of amides is 1. The Balaban J connectivity index is 2.62. The molecular weight excluding hydrogens is 348 g/mol. The van der Waals surface area contributed by atoms with Crippen molar-refractivity contribution < 1.29 is 19.2 Å². The van der Waals surface area contributed by atoms with Gasteiger partial charge in [0.05, 0.1) is 24.7 Å². The first-order chi connectivity index (χ1) is 12.8. The van der Waals surface area contributed by atoms with Crippen molar-refractivity contribution in [1.29, 1.82) is 0 Å². The van der Waals surface area contributed by atoms with Gasteiger partial charge in [-0.15, -0.1) is 0 Å². The van der Waals surface area contributed by atoms with Crippen LogP contribution in [0.25, 0.3) is 0 Å². The minimum atomic E-state index is -0.581. The maximum absolute atomic E-state index is 13.2. The second-order valence-electron chi connectivity index (χ2n) is 6.05. The lowest BCUT2D eigenvalue weighted by Crippen LogP contribution is -2.32. The number of carbonyl (C=O) groups excluding carboxylic acids is 1. The van der Waals surface area contributed by atoms with Gasteiger partial charge in [0.15, 0.2) is 11.5 Å². The summed E-state index contributed by atoms with van der Waals surface area (Å²) in [7, 11) is 1.40. The van der Waals surface area contributed by atoms with Crippen LogP contribution in [0.1, 0.15) is 35.3 Å². The predicted molar refractivity (Wildman–Crippen MR) is 104 cm³/mol. The number of hydrogen-bond donors (Lipinski definition) is 0. The van der Waals surface area contributed by atoms with E-state index < -0.39 is 10.8 Å². The summed E-state index contributed by atoms with van der Waals surface area (Å²) in [6, 6.07) is 8.40. The lowest BCUT2D eigenvalue weighted by Gasteiger charge is -2.24. The summed E-state index contributed by atoms with van der Waals surface area (Å²) < 4.78 is 10.7. The Bertz CT molecular complexity index is 864. The fraction of sp³-hybridized carbons (Fsp3) is 0.350. The molecule has 144 valence electrons. The van der Waals surface area contributed by atoms with Gasteiger partial charge in [-0.25, -0.2) is 0 Å². The topological polar surface area (TPSA) is 81.9 Å². The highest BCUT2D eigenvalue weighted by molar-refractivity contribution is 6.09. The maximum atomic E-state index is 13.2. The van der Waals surface area contributed by atoms with Crippen LogP contribution < -0.4 is 14.4 Å². The molecule has 7 nitrogen and oxygen atoms in total. The summed E-state index contributed by atoms with van der Waals surface area (Å²) in [6.07, 6.45) is 0. The molecule has 2 rings (SSSR count). The Kier molecular flexibility index (Phi) is 6.39. The Morgan fingerprint density at radius 2 is 1.85 bits per heavy atom. The van der Waals surface area contributed by atoms with Crippen molar-refractivity contribution in [3.8, 4) is 11.5 Å². The van der Waals surface area contributed by atoms with E-state index in [4.69, 9.17) is 9.47 Å².